The minimum absolute atomic E-state index is 0.120. The summed E-state index contributed by atoms with van der Waals surface area (Å²) in [5.41, 5.74) is 3.03. The van der Waals surface area contributed by atoms with E-state index in [1.807, 2.05) is 6.08 Å². The van der Waals surface area contributed by atoms with Gasteiger partial charge in [0.1, 0.15) is 11.6 Å². The highest BCUT2D eigenvalue weighted by Gasteiger charge is 2.23. The van der Waals surface area contributed by atoms with Crippen molar-refractivity contribution in [3.05, 3.63) is 71.3 Å². The lowest BCUT2D eigenvalue weighted by molar-refractivity contribution is -0.116. The molecule has 5 heteroatoms. The van der Waals surface area contributed by atoms with Gasteiger partial charge in [-0.05, 0) is 47.9 Å². The molecule has 0 fully saturated rings. The lowest BCUT2D eigenvalue weighted by Crippen LogP contribution is -2.32. The SMILES string of the molecule is O=C(CBr)N1CCC=C(c2ccc(F)cc2)c2ccc(F)cc21. The maximum absolute atomic E-state index is 13.7. The number of anilines is 1. The van der Waals surface area contributed by atoms with E-state index in [0.717, 1.165) is 16.7 Å². The molecule has 0 radical (unpaired) electrons. The van der Waals surface area contributed by atoms with Crippen LogP contribution in [0.25, 0.3) is 5.57 Å². The first-order valence-corrected chi connectivity index (χ1v) is 8.34. The fraction of sp³-hybridized carbons (Fsp3) is 0.167. The van der Waals surface area contributed by atoms with Gasteiger partial charge in [0.2, 0.25) is 5.91 Å². The molecule has 23 heavy (non-hydrogen) atoms. The second-order valence-corrected chi connectivity index (χ2v) is 5.81. The number of amides is 1. The molecule has 0 N–H and O–H groups in total. The Kier molecular flexibility index (Phi) is 4.57. The number of nitrogens with zero attached hydrogens (tertiary/aromatic N) is 1. The zero-order valence-corrected chi connectivity index (χ0v) is 13.8. The van der Waals surface area contributed by atoms with E-state index < -0.39 is 5.82 Å². The summed E-state index contributed by atoms with van der Waals surface area (Å²) in [6.07, 6.45) is 2.65. The molecule has 0 aliphatic carbocycles. The third-order valence-electron chi connectivity index (χ3n) is 3.81. The number of alkyl halides is 1. The number of benzene rings is 2. The predicted molar refractivity (Wildman–Crippen MR) is 90.6 cm³/mol. The number of rotatable bonds is 2. The topological polar surface area (TPSA) is 20.3 Å². The molecule has 0 atom stereocenters. The standard InChI is InChI=1S/C18H14BrF2NO/c19-11-18(23)22-9-1-2-15(12-3-5-13(20)6-4-12)16-8-7-14(21)10-17(16)22/h2-8,10H,1,9,11H2. The average molecular weight is 378 g/mol. The largest absolute Gasteiger partial charge is 0.311 e. The number of fused-ring (bicyclic) bond motifs is 1. The van der Waals surface area contributed by atoms with Crippen molar-refractivity contribution >= 4 is 33.1 Å². The van der Waals surface area contributed by atoms with E-state index in [4.69, 9.17) is 0 Å². The van der Waals surface area contributed by atoms with E-state index in [0.29, 0.717) is 18.7 Å². The van der Waals surface area contributed by atoms with Crippen LogP contribution in [0.4, 0.5) is 14.5 Å². The Balaban J connectivity index is 2.13. The first-order chi connectivity index (χ1) is 11.1. The number of halogens is 3. The zero-order valence-electron chi connectivity index (χ0n) is 12.2. The van der Waals surface area contributed by atoms with Crippen LogP contribution in [0.15, 0.2) is 48.5 Å². The van der Waals surface area contributed by atoms with Gasteiger partial charge in [-0.1, -0.05) is 34.1 Å². The van der Waals surface area contributed by atoms with Gasteiger partial charge in [-0.3, -0.25) is 4.79 Å². The molecule has 0 spiro atoms. The van der Waals surface area contributed by atoms with Crippen molar-refractivity contribution in [3.8, 4) is 0 Å². The van der Waals surface area contributed by atoms with Crippen LogP contribution < -0.4 is 4.90 Å². The lowest BCUT2D eigenvalue weighted by atomic mass is 9.96. The molecule has 1 heterocycles. The van der Waals surface area contributed by atoms with Crippen LogP contribution in [0.2, 0.25) is 0 Å². The molecule has 1 aliphatic heterocycles. The smallest absolute Gasteiger partial charge is 0.237 e. The number of carbonyl (C=O) groups is 1. The maximum Gasteiger partial charge on any atom is 0.237 e. The summed E-state index contributed by atoms with van der Waals surface area (Å²) in [6.45, 7) is 0.478. The summed E-state index contributed by atoms with van der Waals surface area (Å²) in [7, 11) is 0. The first kappa shape index (κ1) is 15.9. The highest BCUT2D eigenvalue weighted by atomic mass is 79.9. The molecular formula is C18H14BrF2NO. The predicted octanol–water partition coefficient (Wildman–Crippen LogP) is 4.53. The fourth-order valence-electron chi connectivity index (χ4n) is 2.76. The average Bonchev–Trinajstić information content (AvgIpc) is 2.74. The number of hydrogen-bond donors (Lipinski definition) is 0. The van der Waals surface area contributed by atoms with E-state index >= 15 is 0 Å². The molecule has 1 amide bonds. The lowest BCUT2D eigenvalue weighted by Gasteiger charge is -2.23. The molecule has 0 unspecified atom stereocenters. The van der Waals surface area contributed by atoms with Crippen LogP contribution in [0.5, 0.6) is 0 Å². The highest BCUT2D eigenvalue weighted by Crippen LogP contribution is 2.35. The third kappa shape index (κ3) is 3.20. The van der Waals surface area contributed by atoms with Crippen LogP contribution in [0.3, 0.4) is 0 Å². The molecule has 0 bridgehead atoms. The second-order valence-electron chi connectivity index (χ2n) is 5.25. The van der Waals surface area contributed by atoms with Crippen LogP contribution >= 0.6 is 15.9 Å². The molecule has 118 valence electrons. The fourth-order valence-corrected chi connectivity index (χ4v) is 3.06. The van der Waals surface area contributed by atoms with Gasteiger partial charge in [-0.25, -0.2) is 8.78 Å². The van der Waals surface area contributed by atoms with E-state index in [-0.39, 0.29) is 17.1 Å². The summed E-state index contributed by atoms with van der Waals surface area (Å²) in [6, 6.07) is 10.6. The minimum Gasteiger partial charge on any atom is -0.311 e. The highest BCUT2D eigenvalue weighted by molar-refractivity contribution is 9.09. The minimum atomic E-state index is -0.392. The van der Waals surface area contributed by atoms with Gasteiger partial charge < -0.3 is 4.90 Å². The van der Waals surface area contributed by atoms with Crippen molar-refractivity contribution in [1.29, 1.82) is 0 Å². The van der Waals surface area contributed by atoms with Gasteiger partial charge in [0.25, 0.3) is 0 Å². The Labute approximate surface area is 141 Å². The van der Waals surface area contributed by atoms with Crippen molar-refractivity contribution < 1.29 is 13.6 Å². The normalized spacial score (nSPS) is 14.0. The van der Waals surface area contributed by atoms with Gasteiger partial charge in [-0.2, -0.15) is 0 Å². The van der Waals surface area contributed by atoms with Crippen molar-refractivity contribution in [2.75, 3.05) is 16.8 Å². The summed E-state index contributed by atoms with van der Waals surface area (Å²) in [5, 5.41) is 0.175. The van der Waals surface area contributed by atoms with Crippen LogP contribution in [-0.4, -0.2) is 17.8 Å². The van der Waals surface area contributed by atoms with Crippen molar-refractivity contribution in [3.63, 3.8) is 0 Å². The summed E-state index contributed by atoms with van der Waals surface area (Å²) in [5.74, 6) is -0.819. The molecular weight excluding hydrogens is 364 g/mol. The molecule has 0 saturated heterocycles. The van der Waals surface area contributed by atoms with Gasteiger partial charge in [0.15, 0.2) is 0 Å². The molecule has 0 saturated carbocycles. The Morgan fingerprint density at radius 2 is 1.78 bits per heavy atom. The summed E-state index contributed by atoms with van der Waals surface area (Å²) in [4.78, 5) is 13.7. The van der Waals surface area contributed by atoms with Crippen molar-refractivity contribution in [2.24, 2.45) is 0 Å². The number of carbonyl (C=O) groups excluding carboxylic acids is 1. The van der Waals surface area contributed by atoms with E-state index in [1.54, 1.807) is 23.1 Å². The van der Waals surface area contributed by atoms with Crippen LogP contribution in [-0.2, 0) is 4.79 Å². The van der Waals surface area contributed by atoms with E-state index in [1.165, 1.54) is 24.3 Å². The van der Waals surface area contributed by atoms with Gasteiger partial charge in [0, 0.05) is 12.1 Å². The van der Waals surface area contributed by atoms with E-state index in [9.17, 15) is 13.6 Å². The molecule has 1 aliphatic rings. The molecule has 0 aromatic heterocycles. The molecule has 2 nitrogen and oxygen atoms in total. The Morgan fingerprint density at radius 1 is 1.09 bits per heavy atom. The number of hydrogen-bond acceptors (Lipinski definition) is 1. The Hall–Kier alpha value is -2.01. The molecule has 3 rings (SSSR count). The second kappa shape index (κ2) is 6.62. The Bertz CT molecular complexity index is 771. The maximum atomic E-state index is 13.7. The van der Waals surface area contributed by atoms with Gasteiger partial charge in [-0.15, -0.1) is 0 Å². The molecule has 2 aromatic carbocycles. The van der Waals surface area contributed by atoms with Gasteiger partial charge >= 0.3 is 0 Å². The third-order valence-corrected chi connectivity index (χ3v) is 4.29. The van der Waals surface area contributed by atoms with Gasteiger partial charge in [0.05, 0.1) is 11.0 Å². The quantitative estimate of drug-likeness (QED) is 0.704. The Morgan fingerprint density at radius 3 is 2.48 bits per heavy atom. The van der Waals surface area contributed by atoms with Crippen molar-refractivity contribution in [2.45, 2.75) is 6.42 Å². The monoisotopic (exact) mass is 377 g/mol. The van der Waals surface area contributed by atoms with Crippen LogP contribution in [0.1, 0.15) is 17.5 Å². The zero-order chi connectivity index (χ0) is 16.4. The summed E-state index contributed by atoms with van der Waals surface area (Å²) < 4.78 is 26.9. The molecule has 2 aromatic rings. The van der Waals surface area contributed by atoms with Crippen LogP contribution in [0, 0.1) is 11.6 Å². The summed E-state index contributed by atoms with van der Waals surface area (Å²) >= 11 is 3.17. The first-order valence-electron chi connectivity index (χ1n) is 7.22. The van der Waals surface area contributed by atoms with E-state index in [2.05, 4.69) is 15.9 Å². The van der Waals surface area contributed by atoms with Crippen molar-refractivity contribution in [1.82, 2.24) is 0 Å².